The molecule has 2 aromatic rings. The first kappa shape index (κ1) is 20.1. The standard InChI is InChI=1S/C27H24N2O4/c1-27-6-4-16-9-19-21(30)10-17(26(28)32)11-23(19)33-25(16)20(27)12-22(31)24(27)15-3-2-14-5-7-29-13-18(14)8-15/h2-9,13,17,20,24-25H,10-12H2,1H3,(H2,28,32)/t17?,20-,24-,25+,27-/m0/s1. The molecule has 2 N–H and O–H groups in total. The summed E-state index contributed by atoms with van der Waals surface area (Å²) < 4.78 is 6.40. The van der Waals surface area contributed by atoms with Crippen molar-refractivity contribution in [1.82, 2.24) is 4.98 Å². The quantitative estimate of drug-likeness (QED) is 0.770. The highest BCUT2D eigenvalue weighted by molar-refractivity contribution is 6.02. The van der Waals surface area contributed by atoms with Crippen molar-refractivity contribution < 1.29 is 19.1 Å². The van der Waals surface area contributed by atoms with E-state index in [2.05, 4.69) is 24.1 Å². The van der Waals surface area contributed by atoms with E-state index in [4.69, 9.17) is 10.5 Å². The van der Waals surface area contributed by atoms with Gasteiger partial charge >= 0.3 is 0 Å². The van der Waals surface area contributed by atoms with Crippen LogP contribution in [0.25, 0.3) is 10.8 Å². The van der Waals surface area contributed by atoms with Crippen LogP contribution in [0.1, 0.15) is 37.7 Å². The number of pyridine rings is 1. The fraction of sp³-hybridized carbons (Fsp3) is 0.333. The summed E-state index contributed by atoms with van der Waals surface area (Å²) in [7, 11) is 0. The number of hydrogen-bond acceptors (Lipinski definition) is 5. The Labute approximate surface area is 191 Å². The fourth-order valence-electron chi connectivity index (χ4n) is 6.17. The van der Waals surface area contributed by atoms with Crippen LogP contribution in [0.4, 0.5) is 0 Å². The molecule has 1 aromatic heterocycles. The first-order valence-electron chi connectivity index (χ1n) is 11.3. The Morgan fingerprint density at radius 3 is 2.82 bits per heavy atom. The molecule has 4 aliphatic rings. The Hall–Kier alpha value is -3.54. The second kappa shape index (κ2) is 6.98. The average Bonchev–Trinajstić information content (AvgIpc) is 3.08. The van der Waals surface area contributed by atoms with Crippen molar-refractivity contribution in [2.24, 2.45) is 23.0 Å². The number of ketones is 2. The number of nitrogens with two attached hydrogens (primary N) is 1. The number of amides is 1. The van der Waals surface area contributed by atoms with Gasteiger partial charge in [0.25, 0.3) is 0 Å². The Bertz CT molecular complexity index is 1340. The molecule has 2 heterocycles. The largest absolute Gasteiger partial charge is 0.489 e. The molecule has 0 bridgehead atoms. The molecule has 3 aliphatic carbocycles. The summed E-state index contributed by atoms with van der Waals surface area (Å²) in [5.41, 5.74) is 7.50. The molecule has 1 amide bonds. The number of benzene rings is 1. The normalized spacial score (nSPS) is 32.7. The summed E-state index contributed by atoms with van der Waals surface area (Å²) in [5.74, 6) is -0.754. The summed E-state index contributed by atoms with van der Waals surface area (Å²) in [5, 5.41) is 2.10. The maximum atomic E-state index is 13.4. The Balaban J connectivity index is 1.38. The van der Waals surface area contributed by atoms with Crippen molar-refractivity contribution in [3.05, 3.63) is 77.4 Å². The van der Waals surface area contributed by atoms with E-state index in [1.165, 1.54) is 0 Å². The smallest absolute Gasteiger partial charge is 0.221 e. The van der Waals surface area contributed by atoms with Gasteiger partial charge < -0.3 is 10.5 Å². The Morgan fingerprint density at radius 2 is 2.00 bits per heavy atom. The predicted octanol–water partition coefficient (Wildman–Crippen LogP) is 3.53. The zero-order valence-corrected chi connectivity index (χ0v) is 18.3. The van der Waals surface area contributed by atoms with E-state index >= 15 is 0 Å². The first-order chi connectivity index (χ1) is 15.8. The molecule has 0 spiro atoms. The van der Waals surface area contributed by atoms with Crippen molar-refractivity contribution >= 4 is 28.2 Å². The summed E-state index contributed by atoms with van der Waals surface area (Å²) >= 11 is 0. The summed E-state index contributed by atoms with van der Waals surface area (Å²) in [6.45, 7) is 2.12. The van der Waals surface area contributed by atoms with Gasteiger partial charge in [-0.3, -0.25) is 19.4 Å². The number of ether oxygens (including phenoxy) is 1. The molecule has 1 aromatic carbocycles. The average molecular weight is 440 g/mol. The maximum Gasteiger partial charge on any atom is 0.221 e. The van der Waals surface area contributed by atoms with Gasteiger partial charge in [-0.05, 0) is 34.7 Å². The minimum Gasteiger partial charge on any atom is -0.489 e. The highest BCUT2D eigenvalue weighted by Gasteiger charge is 2.57. The molecule has 1 saturated carbocycles. The number of nitrogens with zero attached hydrogens (tertiary/aromatic N) is 1. The van der Waals surface area contributed by atoms with Gasteiger partial charge in [0.05, 0.1) is 17.4 Å². The van der Waals surface area contributed by atoms with Gasteiger partial charge in [-0.25, -0.2) is 0 Å². The van der Waals surface area contributed by atoms with Crippen molar-refractivity contribution in [3.8, 4) is 0 Å². The molecule has 6 rings (SSSR count). The SMILES string of the molecule is C[C@]12C=CC3=CC4=C(CC(C(N)=O)CC4=O)O[C@H]3[C@@H]1CC(=O)[C@@H]2c1ccc2ccncc2c1. The van der Waals surface area contributed by atoms with Gasteiger partial charge in [-0.15, -0.1) is 0 Å². The van der Waals surface area contributed by atoms with Crippen molar-refractivity contribution in [1.29, 1.82) is 0 Å². The van der Waals surface area contributed by atoms with Crippen LogP contribution in [0.15, 0.2) is 71.8 Å². The van der Waals surface area contributed by atoms with E-state index in [0.29, 0.717) is 24.2 Å². The van der Waals surface area contributed by atoms with Crippen LogP contribution < -0.4 is 5.73 Å². The molecular weight excluding hydrogens is 416 g/mol. The number of rotatable bonds is 2. The molecular formula is C27H24N2O4. The Morgan fingerprint density at radius 1 is 1.15 bits per heavy atom. The Kier molecular flexibility index (Phi) is 4.25. The van der Waals surface area contributed by atoms with Crippen LogP contribution in [0.3, 0.4) is 0 Å². The van der Waals surface area contributed by atoms with Crippen LogP contribution in [0, 0.1) is 17.3 Å². The minimum absolute atomic E-state index is 0.0612. The second-order valence-corrected chi connectivity index (χ2v) is 9.84. The third kappa shape index (κ3) is 2.93. The second-order valence-electron chi connectivity index (χ2n) is 9.84. The molecule has 33 heavy (non-hydrogen) atoms. The minimum atomic E-state index is -0.541. The number of Topliss-reactive ketones (excluding diaryl/α,β-unsaturated/α-hetero) is 2. The lowest BCUT2D eigenvalue weighted by atomic mass is 9.64. The van der Waals surface area contributed by atoms with E-state index in [-0.39, 0.29) is 35.9 Å². The maximum absolute atomic E-state index is 13.4. The number of allylic oxidation sites excluding steroid dienone is 4. The lowest BCUT2D eigenvalue weighted by Crippen LogP contribution is -2.42. The van der Waals surface area contributed by atoms with E-state index in [0.717, 1.165) is 21.9 Å². The third-order valence-electron chi connectivity index (χ3n) is 7.94. The van der Waals surface area contributed by atoms with E-state index in [1.807, 2.05) is 36.5 Å². The number of hydrogen-bond donors (Lipinski definition) is 1. The van der Waals surface area contributed by atoms with Crippen molar-refractivity contribution in [2.75, 3.05) is 0 Å². The lowest BCUT2D eigenvalue weighted by Gasteiger charge is -2.44. The molecule has 1 fully saturated rings. The van der Waals surface area contributed by atoms with Crippen molar-refractivity contribution in [2.45, 2.75) is 38.2 Å². The van der Waals surface area contributed by atoms with Gasteiger partial charge in [0.2, 0.25) is 5.91 Å². The van der Waals surface area contributed by atoms with Crippen LogP contribution >= 0.6 is 0 Å². The van der Waals surface area contributed by atoms with Crippen LogP contribution in [-0.2, 0) is 19.1 Å². The summed E-state index contributed by atoms with van der Waals surface area (Å²) in [6, 6.07) is 8.11. The summed E-state index contributed by atoms with van der Waals surface area (Å²) in [4.78, 5) is 42.0. The van der Waals surface area contributed by atoms with Crippen LogP contribution in [0.5, 0.6) is 0 Å². The molecule has 166 valence electrons. The topological polar surface area (TPSA) is 99.4 Å². The molecule has 1 unspecified atom stereocenters. The van der Waals surface area contributed by atoms with Crippen LogP contribution in [-0.4, -0.2) is 28.6 Å². The monoisotopic (exact) mass is 440 g/mol. The van der Waals surface area contributed by atoms with Gasteiger partial charge in [0.1, 0.15) is 17.6 Å². The zero-order valence-electron chi connectivity index (χ0n) is 18.3. The third-order valence-corrected chi connectivity index (χ3v) is 7.94. The fourth-order valence-corrected chi connectivity index (χ4v) is 6.17. The molecule has 0 saturated heterocycles. The molecule has 0 radical (unpaired) electrons. The molecule has 1 aliphatic heterocycles. The predicted molar refractivity (Wildman–Crippen MR) is 122 cm³/mol. The van der Waals surface area contributed by atoms with E-state index in [9.17, 15) is 14.4 Å². The van der Waals surface area contributed by atoms with Gasteiger partial charge in [-0.1, -0.05) is 31.2 Å². The summed E-state index contributed by atoms with van der Waals surface area (Å²) in [6.07, 6.45) is 10.1. The van der Waals surface area contributed by atoms with E-state index < -0.39 is 17.2 Å². The highest BCUT2D eigenvalue weighted by Crippen LogP contribution is 2.58. The number of carbonyl (C=O) groups excluding carboxylic acids is 3. The first-order valence-corrected chi connectivity index (χ1v) is 11.3. The zero-order chi connectivity index (χ0) is 22.9. The molecule has 6 nitrogen and oxygen atoms in total. The van der Waals surface area contributed by atoms with E-state index in [1.54, 1.807) is 6.20 Å². The number of aromatic nitrogens is 1. The number of carbonyl (C=O) groups is 3. The lowest BCUT2D eigenvalue weighted by molar-refractivity contribution is -0.127. The highest BCUT2D eigenvalue weighted by atomic mass is 16.5. The van der Waals surface area contributed by atoms with Gasteiger partial charge in [0.15, 0.2) is 5.78 Å². The number of fused-ring (bicyclic) bond motifs is 4. The number of primary amides is 1. The van der Waals surface area contributed by atoms with Gasteiger partial charge in [-0.2, -0.15) is 0 Å². The van der Waals surface area contributed by atoms with Gasteiger partial charge in [0, 0.05) is 48.4 Å². The van der Waals surface area contributed by atoms with Crippen LogP contribution in [0.2, 0.25) is 0 Å². The van der Waals surface area contributed by atoms with Crippen molar-refractivity contribution in [3.63, 3.8) is 0 Å². The molecule has 6 heteroatoms. The molecule has 5 atom stereocenters.